The highest BCUT2D eigenvalue weighted by atomic mass is 19.1. The Morgan fingerprint density at radius 3 is 2.68 bits per heavy atom. The molecule has 1 atom stereocenters. The van der Waals surface area contributed by atoms with Gasteiger partial charge >= 0.3 is 0 Å². The van der Waals surface area contributed by atoms with Crippen molar-refractivity contribution < 1.29 is 4.39 Å². The normalized spacial score (nSPS) is 16.6. The molecule has 1 unspecified atom stereocenters. The molecule has 1 aliphatic rings. The number of aromatic nitrogens is 6. The fourth-order valence-corrected chi connectivity index (χ4v) is 4.25. The van der Waals surface area contributed by atoms with Crippen LogP contribution >= 0.6 is 0 Å². The minimum absolute atomic E-state index is 0.223. The minimum Gasteiger partial charge on any atom is -0.283 e. The summed E-state index contributed by atoms with van der Waals surface area (Å²) in [6.07, 6.45) is 2.10. The first-order valence-electron chi connectivity index (χ1n) is 10.5. The Bertz CT molecular complexity index is 1180. The van der Waals surface area contributed by atoms with Crippen LogP contribution in [0.1, 0.15) is 48.5 Å². The van der Waals surface area contributed by atoms with E-state index in [1.54, 1.807) is 12.1 Å². The molecule has 7 nitrogen and oxygen atoms in total. The van der Waals surface area contributed by atoms with Gasteiger partial charge in [0.2, 0.25) is 0 Å². The molecular formula is C23H24FN7. The van der Waals surface area contributed by atoms with Gasteiger partial charge in [0.1, 0.15) is 5.82 Å². The zero-order chi connectivity index (χ0) is 21.4. The number of rotatable bonds is 5. The van der Waals surface area contributed by atoms with Gasteiger partial charge in [-0.1, -0.05) is 44.2 Å². The van der Waals surface area contributed by atoms with Gasteiger partial charge in [-0.3, -0.25) is 4.90 Å². The van der Waals surface area contributed by atoms with Gasteiger partial charge in [0.25, 0.3) is 0 Å². The summed E-state index contributed by atoms with van der Waals surface area (Å²) in [5, 5.41) is 17.1. The smallest absolute Gasteiger partial charge is 0.173 e. The summed E-state index contributed by atoms with van der Waals surface area (Å²) < 4.78 is 17.8. The number of hydrogen-bond acceptors (Lipinski definition) is 5. The van der Waals surface area contributed by atoms with Crippen molar-refractivity contribution in [3.63, 3.8) is 0 Å². The van der Waals surface area contributed by atoms with Gasteiger partial charge in [-0.05, 0) is 46.2 Å². The number of hydrogen-bond donors (Lipinski definition) is 0. The van der Waals surface area contributed by atoms with E-state index < -0.39 is 0 Å². The lowest BCUT2D eigenvalue weighted by atomic mass is 10.0. The third-order valence-corrected chi connectivity index (χ3v) is 5.70. The number of para-hydroxylation sites is 1. The Balaban J connectivity index is 1.53. The SMILES string of the molecule is CC(C)c1nn(-c2ccccc2)cc1CN1CCn2nnnc2C1c1cccc(F)c1. The predicted molar refractivity (Wildman–Crippen MR) is 114 cm³/mol. The second kappa shape index (κ2) is 8.03. The zero-order valence-corrected chi connectivity index (χ0v) is 17.6. The third kappa shape index (κ3) is 3.74. The van der Waals surface area contributed by atoms with Crippen LogP contribution in [0.5, 0.6) is 0 Å². The van der Waals surface area contributed by atoms with Crippen molar-refractivity contribution in [1.29, 1.82) is 0 Å². The molecule has 0 aliphatic carbocycles. The fraction of sp³-hybridized carbons (Fsp3) is 0.304. The molecule has 158 valence electrons. The van der Waals surface area contributed by atoms with E-state index in [0.29, 0.717) is 13.1 Å². The van der Waals surface area contributed by atoms with Crippen LogP contribution in [0.2, 0.25) is 0 Å². The van der Waals surface area contributed by atoms with Crippen molar-refractivity contribution in [2.24, 2.45) is 0 Å². The van der Waals surface area contributed by atoms with E-state index in [1.807, 2.05) is 45.8 Å². The Kier molecular flexibility index (Phi) is 5.07. The van der Waals surface area contributed by atoms with Crippen molar-refractivity contribution in [2.45, 2.75) is 38.9 Å². The van der Waals surface area contributed by atoms with E-state index in [0.717, 1.165) is 34.9 Å². The van der Waals surface area contributed by atoms with E-state index in [9.17, 15) is 4.39 Å². The van der Waals surface area contributed by atoms with Gasteiger partial charge in [-0.15, -0.1) is 5.10 Å². The fourth-order valence-electron chi connectivity index (χ4n) is 4.25. The Labute approximate surface area is 180 Å². The summed E-state index contributed by atoms with van der Waals surface area (Å²) >= 11 is 0. The van der Waals surface area contributed by atoms with Crippen LogP contribution in [-0.4, -0.2) is 41.4 Å². The summed E-state index contributed by atoms with van der Waals surface area (Å²) in [4.78, 5) is 2.30. The molecule has 0 bridgehead atoms. The Hall–Kier alpha value is -3.39. The average Bonchev–Trinajstić information content (AvgIpc) is 3.41. The molecule has 0 saturated carbocycles. The molecule has 0 saturated heterocycles. The molecule has 0 fully saturated rings. The van der Waals surface area contributed by atoms with Crippen LogP contribution in [0.4, 0.5) is 4.39 Å². The molecule has 8 heteroatoms. The molecule has 1 aliphatic heterocycles. The predicted octanol–water partition coefficient (Wildman–Crippen LogP) is 3.73. The van der Waals surface area contributed by atoms with Gasteiger partial charge in [0.05, 0.1) is 24.0 Å². The van der Waals surface area contributed by atoms with Crippen molar-refractivity contribution in [3.8, 4) is 5.69 Å². The van der Waals surface area contributed by atoms with Gasteiger partial charge in [0, 0.05) is 24.8 Å². The maximum absolute atomic E-state index is 14.0. The van der Waals surface area contributed by atoms with E-state index in [1.165, 1.54) is 6.07 Å². The summed E-state index contributed by atoms with van der Waals surface area (Å²) in [7, 11) is 0. The molecule has 0 spiro atoms. The molecule has 2 aromatic carbocycles. The largest absolute Gasteiger partial charge is 0.283 e. The Morgan fingerprint density at radius 2 is 1.90 bits per heavy atom. The summed E-state index contributed by atoms with van der Waals surface area (Å²) in [5.41, 5.74) is 4.09. The Morgan fingerprint density at radius 1 is 1.06 bits per heavy atom. The van der Waals surface area contributed by atoms with Crippen LogP contribution in [-0.2, 0) is 13.1 Å². The third-order valence-electron chi connectivity index (χ3n) is 5.70. The first-order chi connectivity index (χ1) is 15.1. The molecule has 5 rings (SSSR count). The lowest BCUT2D eigenvalue weighted by molar-refractivity contribution is 0.163. The van der Waals surface area contributed by atoms with Crippen LogP contribution in [0.3, 0.4) is 0 Å². The summed E-state index contributed by atoms with van der Waals surface area (Å²) in [6.45, 7) is 6.43. The first-order valence-corrected chi connectivity index (χ1v) is 10.5. The van der Waals surface area contributed by atoms with E-state index in [4.69, 9.17) is 5.10 Å². The van der Waals surface area contributed by atoms with Gasteiger partial charge in [-0.25, -0.2) is 13.8 Å². The van der Waals surface area contributed by atoms with E-state index in [-0.39, 0.29) is 17.8 Å². The van der Waals surface area contributed by atoms with Gasteiger partial charge in [-0.2, -0.15) is 5.10 Å². The molecule has 4 aromatic rings. The topological polar surface area (TPSA) is 64.7 Å². The minimum atomic E-state index is -0.262. The summed E-state index contributed by atoms with van der Waals surface area (Å²) in [5.74, 6) is 0.753. The summed E-state index contributed by atoms with van der Waals surface area (Å²) in [6, 6.07) is 16.6. The molecule has 0 radical (unpaired) electrons. The quantitative estimate of drug-likeness (QED) is 0.495. The lowest BCUT2D eigenvalue weighted by Gasteiger charge is -2.34. The second-order valence-corrected chi connectivity index (χ2v) is 8.16. The number of nitrogens with zero attached hydrogens (tertiary/aromatic N) is 7. The molecule has 3 heterocycles. The monoisotopic (exact) mass is 417 g/mol. The maximum Gasteiger partial charge on any atom is 0.173 e. The van der Waals surface area contributed by atoms with Gasteiger partial charge in [0.15, 0.2) is 5.82 Å². The highest BCUT2D eigenvalue weighted by Crippen LogP contribution is 2.33. The highest BCUT2D eigenvalue weighted by Gasteiger charge is 2.33. The van der Waals surface area contributed by atoms with Crippen molar-refractivity contribution in [3.05, 3.63) is 89.3 Å². The highest BCUT2D eigenvalue weighted by molar-refractivity contribution is 5.34. The van der Waals surface area contributed by atoms with E-state index >= 15 is 0 Å². The zero-order valence-electron chi connectivity index (χ0n) is 17.6. The standard InChI is InChI=1S/C23H24FN7/c1-16(2)21-18(15-31(26-21)20-9-4-3-5-10-20)14-29-11-12-30-23(25-27-28-30)22(29)17-7-6-8-19(24)13-17/h3-10,13,15-16,22H,11-12,14H2,1-2H3. The van der Waals surface area contributed by atoms with Gasteiger partial charge < -0.3 is 0 Å². The number of halogens is 1. The maximum atomic E-state index is 14.0. The molecular weight excluding hydrogens is 393 g/mol. The van der Waals surface area contributed by atoms with Crippen molar-refractivity contribution in [2.75, 3.05) is 6.54 Å². The molecule has 0 N–H and O–H groups in total. The van der Waals surface area contributed by atoms with Crippen LogP contribution < -0.4 is 0 Å². The molecule has 31 heavy (non-hydrogen) atoms. The number of benzene rings is 2. The van der Waals surface area contributed by atoms with Crippen LogP contribution in [0.25, 0.3) is 5.69 Å². The number of fused-ring (bicyclic) bond motifs is 1. The van der Waals surface area contributed by atoms with Crippen molar-refractivity contribution >= 4 is 0 Å². The van der Waals surface area contributed by atoms with Crippen molar-refractivity contribution in [1.82, 2.24) is 34.9 Å². The van der Waals surface area contributed by atoms with Crippen LogP contribution in [0.15, 0.2) is 60.8 Å². The number of tetrazole rings is 1. The first kappa shape index (κ1) is 19.6. The van der Waals surface area contributed by atoms with E-state index in [2.05, 4.69) is 40.5 Å². The second-order valence-electron chi connectivity index (χ2n) is 8.16. The molecule has 2 aromatic heterocycles. The average molecular weight is 417 g/mol. The van der Waals surface area contributed by atoms with Crippen LogP contribution in [0, 0.1) is 5.82 Å². The lowest BCUT2D eigenvalue weighted by Crippen LogP contribution is -2.39. The molecule has 0 amide bonds.